The summed E-state index contributed by atoms with van der Waals surface area (Å²) in [5.41, 5.74) is 0. The Balaban J connectivity index is 0.000000200. The molecule has 8 unspecified atom stereocenters. The fraction of sp³-hybridized carbons (Fsp3) is 0.722. The number of hydrogen-bond donors (Lipinski definition) is 1. The third-order valence-electron chi connectivity index (χ3n) is 6.35. The van der Waals surface area contributed by atoms with Crippen molar-refractivity contribution in [3.8, 4) is 0 Å². The molecule has 4 rings (SSSR count). The summed E-state index contributed by atoms with van der Waals surface area (Å²) in [7, 11) is 0. The van der Waals surface area contributed by atoms with E-state index in [1.54, 1.807) is 0 Å². The molecule has 1 N–H and O–H groups in total. The van der Waals surface area contributed by atoms with Crippen LogP contribution in [0.4, 0.5) is 0 Å². The molecule has 2 fully saturated rings. The first-order valence-electron chi connectivity index (χ1n) is 8.32. The van der Waals surface area contributed by atoms with Crippen molar-refractivity contribution >= 4 is 25.1 Å². The quantitative estimate of drug-likeness (QED) is 0.481. The van der Waals surface area contributed by atoms with Gasteiger partial charge in [0.1, 0.15) is 6.29 Å². The summed E-state index contributed by atoms with van der Waals surface area (Å²) in [5.74, 6) is 4.99. The molecule has 4 aliphatic rings. The summed E-state index contributed by atoms with van der Waals surface area (Å²) in [4.78, 5) is 10.6. The van der Waals surface area contributed by atoms with Crippen LogP contribution in [0.15, 0.2) is 24.3 Å². The van der Waals surface area contributed by atoms with E-state index in [1.165, 1.54) is 12.8 Å². The van der Waals surface area contributed by atoms with E-state index in [0.717, 1.165) is 18.1 Å². The zero-order valence-electron chi connectivity index (χ0n) is 14.5. The molecule has 4 heteroatoms. The fourth-order valence-corrected chi connectivity index (χ4v) is 4.81. The van der Waals surface area contributed by atoms with Crippen molar-refractivity contribution in [3.05, 3.63) is 24.3 Å². The van der Waals surface area contributed by atoms with Gasteiger partial charge in [0, 0.05) is 12.5 Å². The second kappa shape index (κ2) is 7.78. The molecule has 2 saturated carbocycles. The largest absolute Gasteiger partial charge is 1.00 e. The molecule has 0 amide bonds. The molecule has 0 heterocycles. The van der Waals surface area contributed by atoms with Crippen molar-refractivity contribution in [2.24, 2.45) is 47.3 Å². The number of fused-ring (bicyclic) bond motifs is 4. The Bertz CT molecular complexity index is 456. The minimum absolute atomic E-state index is 0. The van der Waals surface area contributed by atoms with Crippen molar-refractivity contribution < 1.29 is 11.3 Å². The molecule has 0 aromatic rings. The molecule has 0 spiro atoms. The second-order valence-electron chi connectivity index (χ2n) is 7.17. The van der Waals surface area contributed by atoms with Crippen LogP contribution in [-0.4, -0.2) is 24.7 Å². The number of aliphatic hydroxyl groups is 1. The molecule has 4 aliphatic carbocycles. The second-order valence-corrected chi connectivity index (χ2v) is 7.17. The van der Waals surface area contributed by atoms with Crippen LogP contribution in [0.5, 0.6) is 0 Å². The summed E-state index contributed by atoms with van der Waals surface area (Å²) in [6, 6.07) is 0. The molecule has 0 aromatic carbocycles. The molecular formula is C18H27BO2S+. The van der Waals surface area contributed by atoms with Crippen molar-refractivity contribution in [2.45, 2.75) is 26.7 Å². The SMILES string of the molecule is CC1C2C=CC(C2)C1C=O.CC1C2C=CC(C2)C1CO.[B]=S.[H+]. The first kappa shape index (κ1) is 17.7. The first-order chi connectivity index (χ1) is 10.7. The molecule has 119 valence electrons. The maximum absolute atomic E-state index is 10.6. The van der Waals surface area contributed by atoms with Crippen molar-refractivity contribution in [3.63, 3.8) is 0 Å². The fourth-order valence-electron chi connectivity index (χ4n) is 4.81. The van der Waals surface area contributed by atoms with E-state index in [4.69, 9.17) is 5.11 Å². The smallest absolute Gasteiger partial charge is 1.00 e. The van der Waals surface area contributed by atoms with Crippen LogP contribution in [0, 0.1) is 47.3 Å². The van der Waals surface area contributed by atoms with E-state index in [2.05, 4.69) is 56.9 Å². The number of allylic oxidation sites excluding steroid dienone is 4. The predicted octanol–water partition coefficient (Wildman–Crippen LogP) is 3.46. The third-order valence-corrected chi connectivity index (χ3v) is 6.35. The standard InChI is InChI=1S/C9H14O.C9H12O.BS/c2*1-6-7-2-3-8(4-7)9(6)5-10;1-2/h2-3,6-10H,4-5H2,1H3;2-3,5-9H,4H2,1H3;/p+1. The van der Waals surface area contributed by atoms with E-state index in [1.807, 2.05) is 0 Å². The molecule has 2 nitrogen and oxygen atoms in total. The van der Waals surface area contributed by atoms with Crippen LogP contribution in [0.3, 0.4) is 0 Å². The Hall–Kier alpha value is -0.605. The topological polar surface area (TPSA) is 37.3 Å². The average Bonchev–Trinajstić information content (AvgIpc) is 3.30. The number of hydrogen-bond acceptors (Lipinski definition) is 3. The molecule has 8 atom stereocenters. The average molecular weight is 318 g/mol. The molecule has 0 aliphatic heterocycles. The molecule has 0 aromatic heterocycles. The van der Waals surface area contributed by atoms with Crippen LogP contribution in [0.25, 0.3) is 0 Å². The van der Waals surface area contributed by atoms with Gasteiger partial charge < -0.3 is 9.90 Å². The maximum Gasteiger partial charge on any atom is 1.00 e. The van der Waals surface area contributed by atoms with Gasteiger partial charge in [0.15, 0.2) is 0 Å². The summed E-state index contributed by atoms with van der Waals surface area (Å²) < 4.78 is 0. The van der Waals surface area contributed by atoms with E-state index in [-0.39, 0.29) is 1.43 Å². The third kappa shape index (κ3) is 3.18. The van der Waals surface area contributed by atoms with E-state index in [9.17, 15) is 4.79 Å². The van der Waals surface area contributed by atoms with Gasteiger partial charge in [0.2, 0.25) is 0 Å². The first-order valence-corrected chi connectivity index (χ1v) is 8.79. The number of carbonyl (C=O) groups excluding carboxylic acids is 1. The van der Waals surface area contributed by atoms with Crippen LogP contribution in [0.2, 0.25) is 0 Å². The zero-order valence-corrected chi connectivity index (χ0v) is 14.3. The predicted molar refractivity (Wildman–Crippen MR) is 94.4 cm³/mol. The van der Waals surface area contributed by atoms with Gasteiger partial charge in [0.05, 0.1) is 0 Å². The van der Waals surface area contributed by atoms with Gasteiger partial charge in [-0.25, -0.2) is 0 Å². The number of rotatable bonds is 2. The maximum atomic E-state index is 10.6. The Kier molecular flexibility index (Phi) is 6.28. The molecule has 4 bridgehead atoms. The minimum atomic E-state index is 0. The van der Waals surface area contributed by atoms with Gasteiger partial charge in [0.25, 0.3) is 0 Å². The van der Waals surface area contributed by atoms with Gasteiger partial charge in [-0.3, -0.25) is 0 Å². The van der Waals surface area contributed by atoms with Gasteiger partial charge in [-0.15, -0.1) is 0 Å². The number of carbonyl (C=O) groups is 1. The zero-order chi connectivity index (χ0) is 16.3. The van der Waals surface area contributed by atoms with Gasteiger partial charge in [-0.1, -0.05) is 38.2 Å². The Morgan fingerprint density at radius 2 is 1.55 bits per heavy atom. The van der Waals surface area contributed by atoms with Crippen LogP contribution in [-0.2, 0) is 4.79 Å². The van der Waals surface area contributed by atoms with Crippen LogP contribution in [0.1, 0.15) is 28.1 Å². The van der Waals surface area contributed by atoms with Crippen molar-refractivity contribution in [1.29, 1.82) is 0 Å². The Morgan fingerprint density at radius 3 is 1.86 bits per heavy atom. The number of aliphatic hydroxyl groups excluding tert-OH is 1. The van der Waals surface area contributed by atoms with Crippen LogP contribution < -0.4 is 0 Å². The number of aldehydes is 1. The van der Waals surface area contributed by atoms with Crippen LogP contribution >= 0.6 is 12.1 Å². The molecule has 0 saturated heterocycles. The normalized spacial score (nSPS) is 45.9. The Labute approximate surface area is 141 Å². The molecular weight excluding hydrogens is 291 g/mol. The van der Waals surface area contributed by atoms with Gasteiger partial charge in [-0.2, -0.15) is 0 Å². The van der Waals surface area contributed by atoms with E-state index in [0.29, 0.717) is 42.1 Å². The van der Waals surface area contributed by atoms with Gasteiger partial charge >= 0.3 is 20.2 Å². The summed E-state index contributed by atoms with van der Waals surface area (Å²) in [6.45, 7) is 8.91. The summed E-state index contributed by atoms with van der Waals surface area (Å²) in [5, 5.41) is 9.02. The molecule has 1 radical (unpaired) electrons. The summed E-state index contributed by atoms with van der Waals surface area (Å²) >= 11 is 3.58. The van der Waals surface area contributed by atoms with Crippen molar-refractivity contribution in [2.75, 3.05) is 6.61 Å². The summed E-state index contributed by atoms with van der Waals surface area (Å²) in [6.07, 6.45) is 12.8. The van der Waals surface area contributed by atoms with Gasteiger partial charge in [-0.05, 0) is 54.3 Å². The Morgan fingerprint density at radius 1 is 1.05 bits per heavy atom. The van der Waals surface area contributed by atoms with E-state index < -0.39 is 0 Å². The minimum Gasteiger partial charge on any atom is 1.00 e. The van der Waals surface area contributed by atoms with Crippen molar-refractivity contribution in [1.82, 2.24) is 0 Å². The van der Waals surface area contributed by atoms with E-state index >= 15 is 0 Å². The molecule has 22 heavy (non-hydrogen) atoms. The monoisotopic (exact) mass is 318 g/mol.